The van der Waals surface area contributed by atoms with Gasteiger partial charge in [0.05, 0.1) is 24.2 Å². The van der Waals surface area contributed by atoms with Crippen LogP contribution in [0, 0.1) is 10.1 Å². The average molecular weight is 428 g/mol. The zero-order chi connectivity index (χ0) is 22.5. The van der Waals surface area contributed by atoms with Crippen LogP contribution in [0.2, 0.25) is 0 Å². The maximum Gasteiger partial charge on any atom is 0.293 e. The molecular formula is C23H29N3O5. The van der Waals surface area contributed by atoms with Gasteiger partial charge in [0.2, 0.25) is 0 Å². The first-order valence-electron chi connectivity index (χ1n) is 10.5. The molecule has 0 spiro atoms. The first-order chi connectivity index (χ1) is 14.8. The molecular weight excluding hydrogens is 398 g/mol. The Morgan fingerprint density at radius 2 is 1.81 bits per heavy atom. The number of benzene rings is 2. The van der Waals surface area contributed by atoms with Crippen LogP contribution in [-0.4, -0.2) is 37.1 Å². The van der Waals surface area contributed by atoms with Gasteiger partial charge in [0, 0.05) is 24.7 Å². The van der Waals surface area contributed by atoms with E-state index in [4.69, 9.17) is 9.47 Å². The van der Waals surface area contributed by atoms with Crippen molar-refractivity contribution in [1.29, 1.82) is 0 Å². The minimum absolute atomic E-state index is 0.0104. The second kappa shape index (κ2) is 9.68. The molecule has 31 heavy (non-hydrogen) atoms. The molecule has 0 aliphatic carbocycles. The van der Waals surface area contributed by atoms with Crippen molar-refractivity contribution < 1.29 is 19.2 Å². The van der Waals surface area contributed by atoms with Crippen molar-refractivity contribution in [1.82, 2.24) is 5.32 Å². The van der Waals surface area contributed by atoms with E-state index in [1.165, 1.54) is 6.07 Å². The molecule has 0 saturated carbocycles. The van der Waals surface area contributed by atoms with E-state index in [-0.39, 0.29) is 29.3 Å². The Balaban J connectivity index is 1.77. The van der Waals surface area contributed by atoms with Gasteiger partial charge in [-0.15, -0.1) is 0 Å². The maximum absolute atomic E-state index is 12.8. The molecule has 166 valence electrons. The van der Waals surface area contributed by atoms with Crippen molar-refractivity contribution in [2.45, 2.75) is 45.8 Å². The largest absolute Gasteiger partial charge is 0.493 e. The first-order valence-corrected chi connectivity index (χ1v) is 10.5. The third-order valence-corrected chi connectivity index (χ3v) is 5.28. The van der Waals surface area contributed by atoms with E-state index < -0.39 is 4.92 Å². The summed E-state index contributed by atoms with van der Waals surface area (Å²) in [5.74, 6) is 0.843. The Kier molecular flexibility index (Phi) is 6.99. The molecule has 0 radical (unpaired) electrons. The van der Waals surface area contributed by atoms with Gasteiger partial charge in [-0.05, 0) is 63.4 Å². The van der Waals surface area contributed by atoms with E-state index in [1.54, 1.807) is 19.2 Å². The highest BCUT2D eigenvalue weighted by atomic mass is 16.6. The Hall–Kier alpha value is -3.29. The number of amides is 1. The summed E-state index contributed by atoms with van der Waals surface area (Å²) in [4.78, 5) is 26.0. The summed E-state index contributed by atoms with van der Waals surface area (Å²) in [5.41, 5.74) is 1.62. The zero-order valence-electron chi connectivity index (χ0n) is 18.4. The molecule has 0 bridgehead atoms. The number of nitro groups is 1. The van der Waals surface area contributed by atoms with Crippen molar-refractivity contribution >= 4 is 17.3 Å². The van der Waals surface area contributed by atoms with Crippen molar-refractivity contribution in [2.75, 3.05) is 25.1 Å². The lowest BCUT2D eigenvalue weighted by molar-refractivity contribution is -0.384. The molecule has 1 fully saturated rings. The predicted octanol–water partition coefficient (Wildman–Crippen LogP) is 4.48. The van der Waals surface area contributed by atoms with Crippen LogP contribution in [0.3, 0.4) is 0 Å². The van der Waals surface area contributed by atoms with Gasteiger partial charge in [-0.3, -0.25) is 14.9 Å². The molecule has 1 saturated heterocycles. The molecule has 1 N–H and O–H groups in total. The highest BCUT2D eigenvalue weighted by Crippen LogP contribution is 2.33. The van der Waals surface area contributed by atoms with Crippen LogP contribution in [0.15, 0.2) is 36.4 Å². The summed E-state index contributed by atoms with van der Waals surface area (Å²) in [6, 6.07) is 9.84. The van der Waals surface area contributed by atoms with Crippen LogP contribution in [0.4, 0.5) is 11.4 Å². The summed E-state index contributed by atoms with van der Waals surface area (Å²) < 4.78 is 11.1. The Labute approximate surface area is 182 Å². The smallest absolute Gasteiger partial charge is 0.293 e. The monoisotopic (exact) mass is 427 g/mol. The molecule has 1 aliphatic rings. The van der Waals surface area contributed by atoms with Gasteiger partial charge in [0.15, 0.2) is 11.5 Å². The lowest BCUT2D eigenvalue weighted by Crippen LogP contribution is -2.27. The number of rotatable bonds is 8. The van der Waals surface area contributed by atoms with Crippen LogP contribution in [0.25, 0.3) is 0 Å². The Morgan fingerprint density at radius 1 is 1.10 bits per heavy atom. The van der Waals surface area contributed by atoms with E-state index in [0.717, 1.165) is 31.5 Å². The molecule has 2 aromatic carbocycles. The number of ether oxygens (including phenoxy) is 2. The average Bonchev–Trinajstić information content (AvgIpc) is 3.27. The van der Waals surface area contributed by atoms with Crippen molar-refractivity contribution in [3.8, 4) is 11.5 Å². The van der Waals surface area contributed by atoms with Crippen molar-refractivity contribution in [3.63, 3.8) is 0 Å². The first kappa shape index (κ1) is 22.4. The Morgan fingerprint density at radius 3 is 2.42 bits per heavy atom. The van der Waals surface area contributed by atoms with Gasteiger partial charge >= 0.3 is 0 Å². The van der Waals surface area contributed by atoms with E-state index >= 15 is 0 Å². The van der Waals surface area contributed by atoms with E-state index in [2.05, 4.69) is 5.32 Å². The van der Waals surface area contributed by atoms with E-state index in [9.17, 15) is 14.9 Å². The summed E-state index contributed by atoms with van der Waals surface area (Å²) in [5, 5.41) is 14.5. The van der Waals surface area contributed by atoms with Gasteiger partial charge < -0.3 is 19.7 Å². The van der Waals surface area contributed by atoms with Gasteiger partial charge in [-0.25, -0.2) is 0 Å². The molecule has 8 heteroatoms. The molecule has 1 aliphatic heterocycles. The molecule has 1 heterocycles. The minimum Gasteiger partial charge on any atom is -0.493 e. The SMILES string of the molecule is COc1cc(C(C)NC(=O)c2ccc(N3CCCC3)c([N+](=O)[O-])c2)ccc1OC(C)C. The third kappa shape index (κ3) is 5.25. The summed E-state index contributed by atoms with van der Waals surface area (Å²) in [6.45, 7) is 7.31. The number of anilines is 1. The van der Waals surface area contributed by atoms with Crippen LogP contribution in [0.1, 0.15) is 55.6 Å². The van der Waals surface area contributed by atoms with E-state index in [0.29, 0.717) is 17.2 Å². The number of hydrogen-bond acceptors (Lipinski definition) is 6. The second-order valence-corrected chi connectivity index (χ2v) is 7.93. The molecule has 1 atom stereocenters. The van der Waals surface area contributed by atoms with Crippen LogP contribution < -0.4 is 19.7 Å². The fourth-order valence-electron chi connectivity index (χ4n) is 3.70. The normalized spacial score (nSPS) is 14.4. The highest BCUT2D eigenvalue weighted by Gasteiger charge is 2.24. The van der Waals surface area contributed by atoms with Crippen molar-refractivity contribution in [2.24, 2.45) is 0 Å². The molecule has 0 aromatic heterocycles. The van der Waals surface area contributed by atoms with Gasteiger partial charge in [-0.2, -0.15) is 0 Å². The van der Waals surface area contributed by atoms with Crippen LogP contribution in [0.5, 0.6) is 11.5 Å². The second-order valence-electron chi connectivity index (χ2n) is 7.93. The highest BCUT2D eigenvalue weighted by molar-refractivity contribution is 5.96. The third-order valence-electron chi connectivity index (χ3n) is 5.28. The number of carbonyl (C=O) groups excluding carboxylic acids is 1. The lowest BCUT2D eigenvalue weighted by atomic mass is 10.1. The standard InChI is InChI=1S/C23H29N3O5/c1-15(2)31-21-10-8-17(14-22(21)30-4)16(3)24-23(27)18-7-9-19(20(13-18)26(28)29)25-11-5-6-12-25/h7-10,13-16H,5-6,11-12H2,1-4H3,(H,24,27). The number of nitrogens with one attached hydrogen (secondary N) is 1. The quantitative estimate of drug-likeness (QED) is 0.493. The number of nitrogens with zero attached hydrogens (tertiary/aromatic N) is 2. The van der Waals surface area contributed by atoms with Crippen molar-refractivity contribution in [3.05, 3.63) is 57.6 Å². The van der Waals surface area contributed by atoms with Crippen LogP contribution >= 0.6 is 0 Å². The van der Waals surface area contributed by atoms with Crippen LogP contribution in [-0.2, 0) is 0 Å². The van der Waals surface area contributed by atoms with Gasteiger partial charge in [0.1, 0.15) is 5.69 Å². The molecule has 2 aromatic rings. The number of hydrogen-bond donors (Lipinski definition) is 1. The molecule has 3 rings (SSSR count). The van der Waals surface area contributed by atoms with E-state index in [1.807, 2.05) is 43.9 Å². The topological polar surface area (TPSA) is 93.9 Å². The fraction of sp³-hybridized carbons (Fsp3) is 0.435. The summed E-state index contributed by atoms with van der Waals surface area (Å²) >= 11 is 0. The lowest BCUT2D eigenvalue weighted by Gasteiger charge is -2.19. The zero-order valence-corrected chi connectivity index (χ0v) is 18.4. The fourth-order valence-corrected chi connectivity index (χ4v) is 3.70. The molecule has 1 amide bonds. The summed E-state index contributed by atoms with van der Waals surface area (Å²) in [7, 11) is 1.57. The van der Waals surface area contributed by atoms with Gasteiger partial charge in [-0.1, -0.05) is 6.07 Å². The summed E-state index contributed by atoms with van der Waals surface area (Å²) in [6.07, 6.45) is 2.04. The molecule has 8 nitrogen and oxygen atoms in total. The molecule has 1 unspecified atom stereocenters. The number of nitro benzene ring substituents is 1. The maximum atomic E-state index is 12.8. The minimum atomic E-state index is -0.424. The number of methoxy groups -OCH3 is 1. The Bertz CT molecular complexity index is 954. The number of carbonyl (C=O) groups is 1. The van der Waals surface area contributed by atoms with Gasteiger partial charge in [0.25, 0.3) is 11.6 Å². The predicted molar refractivity (Wildman–Crippen MR) is 119 cm³/mol.